The lowest BCUT2D eigenvalue weighted by Gasteiger charge is -2.54. The lowest BCUT2D eigenvalue weighted by Crippen LogP contribution is -2.59. The van der Waals surface area contributed by atoms with Crippen molar-refractivity contribution >= 4 is 15.7 Å². The number of amides is 1. The first-order valence-electron chi connectivity index (χ1n) is 11.5. The van der Waals surface area contributed by atoms with Gasteiger partial charge in [0.05, 0.1) is 17.0 Å². The summed E-state index contributed by atoms with van der Waals surface area (Å²) < 4.78 is 44.4. The van der Waals surface area contributed by atoms with Gasteiger partial charge in [-0.05, 0) is 81.0 Å². The Morgan fingerprint density at radius 1 is 1.12 bits per heavy atom. The van der Waals surface area contributed by atoms with E-state index in [2.05, 4.69) is 5.32 Å². The van der Waals surface area contributed by atoms with Gasteiger partial charge in [-0.1, -0.05) is 6.42 Å². The van der Waals surface area contributed by atoms with Crippen LogP contribution in [-0.4, -0.2) is 38.8 Å². The Labute approximate surface area is 189 Å². The van der Waals surface area contributed by atoms with Gasteiger partial charge in [0.15, 0.2) is 9.84 Å². The molecule has 4 aliphatic rings. The highest BCUT2D eigenvalue weighted by atomic mass is 32.2. The van der Waals surface area contributed by atoms with E-state index < -0.39 is 9.84 Å². The third-order valence-electron chi connectivity index (χ3n) is 7.79. The van der Waals surface area contributed by atoms with Gasteiger partial charge in [-0.3, -0.25) is 4.79 Å². The van der Waals surface area contributed by atoms with Crippen molar-refractivity contribution in [3.63, 3.8) is 0 Å². The summed E-state index contributed by atoms with van der Waals surface area (Å²) in [7, 11) is -3.45. The molecule has 32 heavy (non-hydrogen) atoms. The van der Waals surface area contributed by atoms with Gasteiger partial charge in [-0.2, -0.15) is 0 Å². The van der Waals surface area contributed by atoms with Crippen LogP contribution in [0.4, 0.5) is 4.39 Å². The van der Waals surface area contributed by atoms with Gasteiger partial charge in [0.2, 0.25) is 5.91 Å². The van der Waals surface area contributed by atoms with Gasteiger partial charge in [0, 0.05) is 23.6 Å². The molecule has 0 saturated heterocycles. The molecule has 6 nitrogen and oxygen atoms in total. The van der Waals surface area contributed by atoms with Crippen molar-refractivity contribution < 1.29 is 22.3 Å². The first-order chi connectivity index (χ1) is 15.3. The van der Waals surface area contributed by atoms with Crippen molar-refractivity contribution in [3.05, 3.63) is 36.2 Å². The summed E-state index contributed by atoms with van der Waals surface area (Å²) in [6.45, 7) is 0.0951. The molecule has 2 bridgehead atoms. The number of benzene rings is 1. The first-order valence-corrected chi connectivity index (χ1v) is 13.2. The molecule has 4 saturated carbocycles. The van der Waals surface area contributed by atoms with Crippen LogP contribution in [0.5, 0.6) is 5.75 Å². The molecule has 0 aromatic heterocycles. The molecule has 0 radical (unpaired) electrons. The Bertz CT molecular complexity index is 946. The Morgan fingerprint density at radius 2 is 1.75 bits per heavy atom. The topological polar surface area (TPSA) is 98.5 Å². The third kappa shape index (κ3) is 4.86. The van der Waals surface area contributed by atoms with E-state index in [1.165, 1.54) is 0 Å². The minimum Gasteiger partial charge on any atom is -0.489 e. The van der Waals surface area contributed by atoms with Crippen LogP contribution < -0.4 is 15.8 Å². The van der Waals surface area contributed by atoms with Crippen LogP contribution in [0, 0.1) is 11.3 Å². The fraction of sp³-hybridized carbons (Fsp3) is 0.625. The Morgan fingerprint density at radius 3 is 2.25 bits per heavy atom. The Hall–Kier alpha value is -1.93. The highest BCUT2D eigenvalue weighted by Crippen LogP contribution is 2.53. The molecule has 8 heteroatoms. The van der Waals surface area contributed by atoms with E-state index in [0.29, 0.717) is 17.7 Å². The molecular formula is C24H33FN2O4S. The molecule has 3 N–H and O–H groups in total. The summed E-state index contributed by atoms with van der Waals surface area (Å²) in [5.74, 6) is 0.980. The zero-order chi connectivity index (χ0) is 22.8. The monoisotopic (exact) mass is 464 g/mol. The van der Waals surface area contributed by atoms with Gasteiger partial charge in [-0.25, -0.2) is 12.8 Å². The number of ether oxygens (including phenoxy) is 1. The Balaban J connectivity index is 1.35. The number of sulfone groups is 1. The van der Waals surface area contributed by atoms with E-state index in [0.717, 1.165) is 57.8 Å². The van der Waals surface area contributed by atoms with Crippen molar-refractivity contribution in [1.29, 1.82) is 0 Å². The number of fused-ring (bicyclic) bond motifs is 3. The molecule has 1 aromatic rings. The second-order valence-electron chi connectivity index (χ2n) is 9.89. The average Bonchev–Trinajstić information content (AvgIpc) is 2.74. The fourth-order valence-corrected chi connectivity index (χ4v) is 7.20. The van der Waals surface area contributed by atoms with E-state index >= 15 is 0 Å². The molecule has 176 valence electrons. The van der Waals surface area contributed by atoms with Crippen molar-refractivity contribution in [1.82, 2.24) is 5.32 Å². The summed E-state index contributed by atoms with van der Waals surface area (Å²) in [5.41, 5.74) is 5.40. The van der Waals surface area contributed by atoms with Gasteiger partial charge in [-0.15, -0.1) is 0 Å². The lowest BCUT2D eigenvalue weighted by molar-refractivity contribution is -0.131. The smallest absolute Gasteiger partial charge is 0.223 e. The van der Waals surface area contributed by atoms with Crippen LogP contribution in [0.25, 0.3) is 0 Å². The minimum absolute atomic E-state index is 0.0290. The molecule has 0 heterocycles. The molecular weight excluding hydrogens is 431 g/mol. The van der Waals surface area contributed by atoms with Crippen LogP contribution >= 0.6 is 0 Å². The quantitative estimate of drug-likeness (QED) is 0.581. The van der Waals surface area contributed by atoms with Crippen molar-refractivity contribution in [2.24, 2.45) is 17.1 Å². The summed E-state index contributed by atoms with van der Waals surface area (Å²) >= 11 is 0. The summed E-state index contributed by atoms with van der Waals surface area (Å²) in [5, 5.41) is 3.33. The third-order valence-corrected chi connectivity index (χ3v) is 9.77. The lowest BCUT2D eigenvalue weighted by atomic mass is 9.58. The second-order valence-corrected chi connectivity index (χ2v) is 11.9. The molecule has 0 aliphatic heterocycles. The SMILES string of the molecule is NC/C(=C\F)COc1ccc(S(=O)(=O)CC23CCC(NC(=O)C4CCC4)(CC2)CC3)cc1. The molecule has 5 rings (SSSR count). The van der Waals surface area contributed by atoms with Gasteiger partial charge in [0.1, 0.15) is 12.4 Å². The van der Waals surface area contributed by atoms with Crippen LogP contribution in [0.15, 0.2) is 41.1 Å². The van der Waals surface area contributed by atoms with E-state index in [-0.39, 0.29) is 46.6 Å². The van der Waals surface area contributed by atoms with E-state index in [9.17, 15) is 17.6 Å². The van der Waals surface area contributed by atoms with E-state index in [1.807, 2.05) is 0 Å². The maximum absolute atomic E-state index is 13.2. The zero-order valence-corrected chi connectivity index (χ0v) is 19.3. The predicted molar refractivity (Wildman–Crippen MR) is 121 cm³/mol. The van der Waals surface area contributed by atoms with Crippen molar-refractivity contribution in [3.8, 4) is 5.75 Å². The number of hydrogen-bond donors (Lipinski definition) is 2. The van der Waals surface area contributed by atoms with E-state index in [4.69, 9.17) is 10.5 Å². The average molecular weight is 465 g/mol. The maximum Gasteiger partial charge on any atom is 0.223 e. The van der Waals surface area contributed by atoms with Gasteiger partial charge < -0.3 is 15.8 Å². The number of halogens is 1. The fourth-order valence-electron chi connectivity index (χ4n) is 5.24. The number of nitrogens with two attached hydrogens (primary N) is 1. The predicted octanol–water partition coefficient (Wildman–Crippen LogP) is 3.66. The molecule has 0 unspecified atom stereocenters. The summed E-state index contributed by atoms with van der Waals surface area (Å²) in [6, 6.07) is 6.30. The van der Waals surface area contributed by atoms with Crippen LogP contribution in [-0.2, 0) is 14.6 Å². The standard InChI is InChI=1S/C24H33FN2O4S/c25-14-18(15-26)16-31-20-4-6-21(7-5-20)32(29,30)17-23-8-11-24(12-9-23,13-10-23)27-22(28)19-2-1-3-19/h4-7,14,19H,1-3,8-13,15-17,26H2,(H,27,28)/b18-14+. The maximum atomic E-state index is 13.2. The number of rotatable bonds is 9. The largest absolute Gasteiger partial charge is 0.489 e. The van der Waals surface area contributed by atoms with E-state index in [1.54, 1.807) is 24.3 Å². The highest BCUT2D eigenvalue weighted by molar-refractivity contribution is 7.91. The number of carbonyl (C=O) groups is 1. The van der Waals surface area contributed by atoms with Gasteiger partial charge >= 0.3 is 0 Å². The normalized spacial score (nSPS) is 28.2. The highest BCUT2D eigenvalue weighted by Gasteiger charge is 2.51. The summed E-state index contributed by atoms with van der Waals surface area (Å²) in [6.07, 6.45) is 8.63. The Kier molecular flexibility index (Phi) is 6.63. The van der Waals surface area contributed by atoms with Crippen LogP contribution in [0.2, 0.25) is 0 Å². The molecule has 0 spiro atoms. The number of hydrogen-bond acceptors (Lipinski definition) is 5. The number of carbonyl (C=O) groups excluding carboxylic acids is 1. The van der Waals surface area contributed by atoms with Gasteiger partial charge in [0.25, 0.3) is 0 Å². The molecule has 0 atom stereocenters. The van der Waals surface area contributed by atoms with Crippen LogP contribution in [0.3, 0.4) is 0 Å². The molecule has 1 aromatic carbocycles. The molecule has 1 amide bonds. The molecule has 4 fully saturated rings. The second kappa shape index (κ2) is 9.14. The number of nitrogens with one attached hydrogen (secondary N) is 1. The molecule has 4 aliphatic carbocycles. The zero-order valence-electron chi connectivity index (χ0n) is 18.4. The first kappa shape index (κ1) is 23.2. The van der Waals surface area contributed by atoms with Crippen LogP contribution in [0.1, 0.15) is 57.8 Å². The van der Waals surface area contributed by atoms with Crippen molar-refractivity contribution in [2.45, 2.75) is 68.2 Å². The summed E-state index contributed by atoms with van der Waals surface area (Å²) in [4.78, 5) is 12.7. The van der Waals surface area contributed by atoms with Crippen molar-refractivity contribution in [2.75, 3.05) is 18.9 Å². The minimum atomic E-state index is -3.45.